The molecule has 0 bridgehead atoms. The lowest BCUT2D eigenvalue weighted by molar-refractivity contribution is -0.141. The highest BCUT2D eigenvalue weighted by molar-refractivity contribution is 7.99. The van der Waals surface area contributed by atoms with Crippen LogP contribution >= 0.6 is 11.8 Å². The van der Waals surface area contributed by atoms with Gasteiger partial charge in [-0.3, -0.25) is 4.79 Å². The van der Waals surface area contributed by atoms with Crippen molar-refractivity contribution in [1.82, 2.24) is 0 Å². The minimum atomic E-state index is -0.259. The van der Waals surface area contributed by atoms with Crippen LogP contribution in [-0.2, 0) is 16.0 Å². The molecule has 0 fully saturated rings. The summed E-state index contributed by atoms with van der Waals surface area (Å²) in [6.45, 7) is 3.84. The number of hydrogen-bond acceptors (Lipinski definition) is 3. The van der Waals surface area contributed by atoms with E-state index in [0.717, 1.165) is 22.4 Å². The number of ether oxygens (including phenoxy) is 1. The highest BCUT2D eigenvalue weighted by atomic mass is 32.2. The summed E-state index contributed by atoms with van der Waals surface area (Å²) in [5, 5.41) is 0. The normalized spacial score (nSPS) is 14.0. The highest BCUT2D eigenvalue weighted by Crippen LogP contribution is 2.40. The Morgan fingerprint density at radius 3 is 2.64 bits per heavy atom. The molecule has 0 aliphatic carbocycles. The van der Waals surface area contributed by atoms with E-state index < -0.39 is 0 Å². The zero-order chi connectivity index (χ0) is 15.7. The number of carbonyl (C=O) groups is 1. The first-order valence-electron chi connectivity index (χ1n) is 7.25. The molecule has 2 aromatic rings. The molecule has 0 saturated heterocycles. The van der Waals surface area contributed by atoms with E-state index in [1.165, 1.54) is 23.4 Å². The van der Waals surface area contributed by atoms with Crippen LogP contribution < -0.4 is 0 Å². The summed E-state index contributed by atoms with van der Waals surface area (Å²) in [5.74, 6) is -0.306. The molecule has 1 aliphatic heterocycles. The Labute approximate surface area is 133 Å². The molecule has 0 spiro atoms. The van der Waals surface area contributed by atoms with Crippen molar-refractivity contribution in [3.63, 3.8) is 0 Å². The molecule has 0 saturated carbocycles. The van der Waals surface area contributed by atoms with E-state index in [1.807, 2.05) is 13.0 Å². The predicted molar refractivity (Wildman–Crippen MR) is 84.8 cm³/mol. The van der Waals surface area contributed by atoms with Crippen LogP contribution in [0.5, 0.6) is 0 Å². The van der Waals surface area contributed by atoms with Crippen LogP contribution in [0.15, 0.2) is 46.2 Å². The lowest BCUT2D eigenvalue weighted by Crippen LogP contribution is -2.09. The van der Waals surface area contributed by atoms with Crippen LogP contribution in [0, 0.1) is 5.82 Å². The Kier molecular flexibility index (Phi) is 4.21. The van der Waals surface area contributed by atoms with Gasteiger partial charge < -0.3 is 4.74 Å². The average molecular weight is 316 g/mol. The van der Waals surface area contributed by atoms with Crippen molar-refractivity contribution in [1.29, 1.82) is 0 Å². The second-order valence-corrected chi connectivity index (χ2v) is 6.69. The molecular weight excluding hydrogens is 299 g/mol. The van der Waals surface area contributed by atoms with Gasteiger partial charge in [0.1, 0.15) is 5.82 Å². The van der Waals surface area contributed by atoms with Crippen LogP contribution in [0.4, 0.5) is 4.39 Å². The van der Waals surface area contributed by atoms with Gasteiger partial charge in [-0.2, -0.15) is 0 Å². The largest absolute Gasteiger partial charge is 0.465 e. The number of carbonyl (C=O) groups excluding carboxylic acids is 1. The zero-order valence-corrected chi connectivity index (χ0v) is 13.4. The molecular formula is C18H17FO2S. The summed E-state index contributed by atoms with van der Waals surface area (Å²) in [6, 6.07) is 11.3. The fraction of sp³-hybridized carbons (Fsp3) is 0.278. The summed E-state index contributed by atoms with van der Waals surface area (Å²) >= 11 is 1.68. The maximum absolute atomic E-state index is 13.4. The van der Waals surface area contributed by atoms with Crippen molar-refractivity contribution in [3.05, 3.63) is 58.9 Å². The molecule has 22 heavy (non-hydrogen) atoms. The van der Waals surface area contributed by atoms with Gasteiger partial charge in [-0.15, -0.1) is 0 Å². The maximum atomic E-state index is 13.4. The van der Waals surface area contributed by atoms with Gasteiger partial charge in [0.05, 0.1) is 6.61 Å². The first-order chi connectivity index (χ1) is 10.5. The van der Waals surface area contributed by atoms with Crippen LogP contribution in [0.1, 0.15) is 36.5 Å². The van der Waals surface area contributed by atoms with E-state index in [1.54, 1.807) is 17.8 Å². The lowest BCUT2D eigenvalue weighted by atomic mass is 9.96. The lowest BCUT2D eigenvalue weighted by Gasteiger charge is -2.21. The molecule has 3 rings (SSSR count). The highest BCUT2D eigenvalue weighted by Gasteiger charge is 2.18. The maximum Gasteiger partial charge on any atom is 0.302 e. The Morgan fingerprint density at radius 2 is 1.91 bits per heavy atom. The molecule has 1 atom stereocenters. The van der Waals surface area contributed by atoms with Crippen molar-refractivity contribution in [2.45, 2.75) is 36.0 Å². The average Bonchev–Trinajstić information content (AvgIpc) is 2.50. The number of esters is 1. The molecule has 0 amide bonds. The third kappa shape index (κ3) is 3.17. The summed E-state index contributed by atoms with van der Waals surface area (Å²) in [7, 11) is 0. The number of benzene rings is 2. The molecule has 114 valence electrons. The van der Waals surface area contributed by atoms with Gasteiger partial charge in [-0.1, -0.05) is 30.8 Å². The Balaban J connectivity index is 1.83. The minimum Gasteiger partial charge on any atom is -0.465 e. The van der Waals surface area contributed by atoms with E-state index >= 15 is 0 Å². The van der Waals surface area contributed by atoms with Crippen molar-refractivity contribution in [3.8, 4) is 0 Å². The van der Waals surface area contributed by atoms with E-state index in [0.29, 0.717) is 6.61 Å². The van der Waals surface area contributed by atoms with Crippen molar-refractivity contribution < 1.29 is 13.9 Å². The zero-order valence-electron chi connectivity index (χ0n) is 12.6. The van der Waals surface area contributed by atoms with Crippen molar-refractivity contribution in [2.75, 3.05) is 6.61 Å². The monoisotopic (exact) mass is 316 g/mol. The second kappa shape index (κ2) is 6.13. The van der Waals surface area contributed by atoms with Crippen molar-refractivity contribution >= 4 is 17.7 Å². The Morgan fingerprint density at radius 1 is 1.23 bits per heavy atom. The third-order valence-corrected chi connectivity index (χ3v) is 5.05. The van der Waals surface area contributed by atoms with Gasteiger partial charge in [-0.25, -0.2) is 4.39 Å². The van der Waals surface area contributed by atoms with E-state index in [2.05, 4.69) is 18.2 Å². The van der Waals surface area contributed by atoms with Crippen molar-refractivity contribution in [2.24, 2.45) is 0 Å². The van der Waals surface area contributed by atoms with E-state index in [-0.39, 0.29) is 17.7 Å². The summed E-state index contributed by atoms with van der Waals surface area (Å²) < 4.78 is 18.5. The number of halogens is 1. The SMILES string of the molecule is CC(=O)OCC(C)c1ccc2c(c1)Cc1cc(F)ccc1S2. The Hall–Kier alpha value is -1.81. The number of rotatable bonds is 3. The fourth-order valence-corrected chi connectivity index (χ4v) is 3.63. The molecule has 1 heterocycles. The molecule has 0 aromatic heterocycles. The van der Waals surface area contributed by atoms with Gasteiger partial charge in [0.2, 0.25) is 0 Å². The minimum absolute atomic E-state index is 0.146. The van der Waals surface area contributed by atoms with E-state index in [4.69, 9.17) is 4.74 Å². The summed E-state index contributed by atoms with van der Waals surface area (Å²) in [5.41, 5.74) is 3.37. The van der Waals surface area contributed by atoms with Crippen LogP contribution in [0.25, 0.3) is 0 Å². The number of hydrogen-bond donors (Lipinski definition) is 0. The number of fused-ring (bicyclic) bond motifs is 2. The molecule has 4 heteroatoms. The van der Waals surface area contributed by atoms with Gasteiger partial charge in [0.15, 0.2) is 0 Å². The molecule has 2 aromatic carbocycles. The summed E-state index contributed by atoms with van der Waals surface area (Å²) in [6.07, 6.45) is 0.740. The first-order valence-corrected chi connectivity index (χ1v) is 8.07. The Bertz CT molecular complexity index is 727. The topological polar surface area (TPSA) is 26.3 Å². The van der Waals surface area contributed by atoms with Crippen LogP contribution in [0.2, 0.25) is 0 Å². The molecule has 1 aliphatic rings. The molecule has 2 nitrogen and oxygen atoms in total. The van der Waals surface area contributed by atoms with Gasteiger partial charge in [0, 0.05) is 22.6 Å². The predicted octanol–water partition coefficient (Wildman–Crippen LogP) is 4.55. The summed E-state index contributed by atoms with van der Waals surface area (Å²) in [4.78, 5) is 13.3. The van der Waals surface area contributed by atoms with E-state index in [9.17, 15) is 9.18 Å². The van der Waals surface area contributed by atoms with Gasteiger partial charge in [-0.05, 0) is 47.4 Å². The molecule has 1 unspecified atom stereocenters. The second-order valence-electron chi connectivity index (χ2n) is 5.60. The fourth-order valence-electron chi connectivity index (χ4n) is 2.59. The smallest absolute Gasteiger partial charge is 0.302 e. The standard InChI is InChI=1S/C18H17FO2S/c1-11(10-21-12(2)20)13-3-5-17-14(7-13)8-15-9-16(19)4-6-18(15)22-17/h3-7,9,11H,8,10H2,1-2H3. The molecule has 0 radical (unpaired) electrons. The van der Waals surface area contributed by atoms with Gasteiger partial charge >= 0.3 is 5.97 Å². The third-order valence-electron chi connectivity index (χ3n) is 3.81. The molecule has 0 N–H and O–H groups in total. The van der Waals surface area contributed by atoms with Crippen LogP contribution in [-0.4, -0.2) is 12.6 Å². The van der Waals surface area contributed by atoms with Gasteiger partial charge in [0.25, 0.3) is 0 Å². The quantitative estimate of drug-likeness (QED) is 0.663. The van der Waals surface area contributed by atoms with Crippen LogP contribution in [0.3, 0.4) is 0 Å². The first kappa shape index (κ1) is 15.1.